The van der Waals surface area contributed by atoms with Gasteiger partial charge >= 0.3 is 0 Å². The monoisotopic (exact) mass is 639 g/mol. The van der Waals surface area contributed by atoms with Gasteiger partial charge in [-0.3, -0.25) is 4.57 Å². The van der Waals surface area contributed by atoms with E-state index in [2.05, 4.69) is 167 Å². The van der Waals surface area contributed by atoms with E-state index in [-0.39, 0.29) is 0 Å². The summed E-state index contributed by atoms with van der Waals surface area (Å²) in [6.07, 6.45) is 0. The lowest BCUT2D eigenvalue weighted by Gasteiger charge is -2.17. The maximum atomic E-state index is 5.44. The number of rotatable bonds is 5. The molecule has 0 fully saturated rings. The van der Waals surface area contributed by atoms with Gasteiger partial charge in [0.05, 0.1) is 27.6 Å². The second kappa shape index (κ2) is 11.4. The van der Waals surface area contributed by atoms with Crippen molar-refractivity contribution in [1.82, 2.24) is 24.1 Å². The van der Waals surface area contributed by atoms with Crippen molar-refractivity contribution in [3.05, 3.63) is 176 Å². The standard InChI is InChI=1S/C45H29N5/c1-4-16-30(17-5-1)33-28-29-37-36-24-12-13-25-38(36)49(32-20-8-3-9-21-32)42(37)41(33)44-46-43(31-18-6-2-7-19-31)47-45(48-44)50-39-26-14-10-22-34(39)35-23-11-15-27-40(35)50/h1-29H. The van der Waals surface area contributed by atoms with Gasteiger partial charge in [-0.15, -0.1) is 0 Å². The molecule has 0 saturated carbocycles. The molecule has 0 saturated heterocycles. The second-order valence-electron chi connectivity index (χ2n) is 12.5. The normalized spacial score (nSPS) is 11.6. The Morgan fingerprint density at radius 2 is 0.820 bits per heavy atom. The molecule has 0 spiro atoms. The maximum absolute atomic E-state index is 5.44. The number of hydrogen-bond acceptors (Lipinski definition) is 3. The number of nitrogens with zero attached hydrogens (tertiary/aromatic N) is 5. The molecule has 0 aliphatic heterocycles. The fourth-order valence-corrected chi connectivity index (χ4v) is 7.42. The Hall–Kier alpha value is -6.85. The molecule has 0 unspecified atom stereocenters. The molecular weight excluding hydrogens is 611 g/mol. The summed E-state index contributed by atoms with van der Waals surface area (Å²) in [5.74, 6) is 1.80. The summed E-state index contributed by atoms with van der Waals surface area (Å²) >= 11 is 0. The third-order valence-corrected chi connectivity index (χ3v) is 9.60. The SMILES string of the molecule is c1ccc(-c2nc(-c3c(-c4ccccc4)ccc4c5ccccc5n(-c5ccccc5)c34)nc(-n3c4ccccc4c4ccccc43)n2)cc1. The second-order valence-corrected chi connectivity index (χ2v) is 12.5. The molecule has 5 nitrogen and oxygen atoms in total. The first kappa shape index (κ1) is 28.2. The molecule has 234 valence electrons. The van der Waals surface area contributed by atoms with Gasteiger partial charge in [0.2, 0.25) is 5.95 Å². The number of aromatic nitrogens is 5. The number of fused-ring (bicyclic) bond motifs is 6. The van der Waals surface area contributed by atoms with Crippen LogP contribution >= 0.6 is 0 Å². The van der Waals surface area contributed by atoms with Crippen molar-refractivity contribution in [3.63, 3.8) is 0 Å². The highest BCUT2D eigenvalue weighted by atomic mass is 15.2. The third kappa shape index (κ3) is 4.37. The van der Waals surface area contributed by atoms with Crippen molar-refractivity contribution in [3.8, 4) is 45.5 Å². The highest BCUT2D eigenvalue weighted by Crippen LogP contribution is 2.43. The van der Waals surface area contributed by atoms with E-state index in [9.17, 15) is 0 Å². The summed E-state index contributed by atoms with van der Waals surface area (Å²) in [6, 6.07) is 61.3. The van der Waals surface area contributed by atoms with E-state index in [1.165, 1.54) is 5.39 Å². The summed E-state index contributed by atoms with van der Waals surface area (Å²) in [5.41, 5.74) is 9.37. The highest BCUT2D eigenvalue weighted by molar-refractivity contribution is 6.16. The van der Waals surface area contributed by atoms with Crippen LogP contribution in [-0.2, 0) is 0 Å². The van der Waals surface area contributed by atoms with Crippen molar-refractivity contribution in [2.75, 3.05) is 0 Å². The van der Waals surface area contributed by atoms with Crippen LogP contribution in [0.5, 0.6) is 0 Å². The first-order valence-electron chi connectivity index (χ1n) is 16.8. The summed E-state index contributed by atoms with van der Waals surface area (Å²) < 4.78 is 4.54. The zero-order valence-electron chi connectivity index (χ0n) is 27.0. The Labute approximate surface area is 288 Å². The predicted octanol–water partition coefficient (Wildman–Crippen LogP) is 11.1. The highest BCUT2D eigenvalue weighted by Gasteiger charge is 2.24. The molecular formula is C45H29N5. The first-order valence-corrected chi connectivity index (χ1v) is 16.8. The Bertz CT molecular complexity index is 2800. The minimum Gasteiger partial charge on any atom is -0.308 e. The van der Waals surface area contributed by atoms with Crippen molar-refractivity contribution < 1.29 is 0 Å². The van der Waals surface area contributed by atoms with Crippen LogP contribution in [0.2, 0.25) is 0 Å². The Morgan fingerprint density at radius 3 is 1.44 bits per heavy atom. The molecule has 0 bridgehead atoms. The van der Waals surface area contributed by atoms with Gasteiger partial charge in [-0.2, -0.15) is 9.97 Å². The predicted molar refractivity (Wildman–Crippen MR) is 205 cm³/mol. The van der Waals surface area contributed by atoms with Gasteiger partial charge in [0.25, 0.3) is 0 Å². The molecule has 0 N–H and O–H groups in total. The molecule has 7 aromatic carbocycles. The van der Waals surface area contributed by atoms with Gasteiger partial charge in [-0.25, -0.2) is 4.98 Å². The zero-order valence-corrected chi connectivity index (χ0v) is 27.0. The van der Waals surface area contributed by atoms with E-state index in [0.29, 0.717) is 17.6 Å². The van der Waals surface area contributed by atoms with Crippen LogP contribution in [0.25, 0.3) is 89.2 Å². The average Bonchev–Trinajstić information content (AvgIpc) is 3.71. The fraction of sp³-hybridized carbons (Fsp3) is 0. The first-order chi connectivity index (χ1) is 24.8. The van der Waals surface area contributed by atoms with Gasteiger partial charge in [0.1, 0.15) is 0 Å². The van der Waals surface area contributed by atoms with Gasteiger partial charge in [0.15, 0.2) is 11.6 Å². The van der Waals surface area contributed by atoms with E-state index in [4.69, 9.17) is 15.0 Å². The largest absolute Gasteiger partial charge is 0.308 e. The van der Waals surface area contributed by atoms with E-state index >= 15 is 0 Å². The number of hydrogen-bond donors (Lipinski definition) is 0. The van der Waals surface area contributed by atoms with E-state index in [0.717, 1.165) is 66.2 Å². The molecule has 5 heteroatoms. The zero-order chi connectivity index (χ0) is 33.0. The van der Waals surface area contributed by atoms with Crippen LogP contribution in [-0.4, -0.2) is 24.1 Å². The fourth-order valence-electron chi connectivity index (χ4n) is 7.42. The molecule has 0 atom stereocenters. The molecule has 0 amide bonds. The Morgan fingerprint density at radius 1 is 0.340 bits per heavy atom. The smallest absolute Gasteiger partial charge is 0.238 e. The maximum Gasteiger partial charge on any atom is 0.238 e. The molecule has 0 radical (unpaired) electrons. The lowest BCUT2D eigenvalue weighted by Crippen LogP contribution is -2.07. The van der Waals surface area contributed by atoms with Crippen molar-refractivity contribution >= 4 is 43.6 Å². The minimum atomic E-state index is 0.574. The average molecular weight is 640 g/mol. The van der Waals surface area contributed by atoms with Crippen LogP contribution in [0.4, 0.5) is 0 Å². The quantitative estimate of drug-likeness (QED) is 0.188. The van der Waals surface area contributed by atoms with Gasteiger partial charge in [-0.1, -0.05) is 146 Å². The molecule has 10 aromatic rings. The van der Waals surface area contributed by atoms with Gasteiger partial charge < -0.3 is 4.57 Å². The molecule has 3 aromatic heterocycles. The van der Waals surface area contributed by atoms with Crippen LogP contribution in [0, 0.1) is 0 Å². The Kier molecular flexibility index (Phi) is 6.42. The summed E-state index contributed by atoms with van der Waals surface area (Å²) in [5, 5.41) is 4.62. The van der Waals surface area contributed by atoms with E-state index in [1.807, 2.05) is 18.2 Å². The molecule has 50 heavy (non-hydrogen) atoms. The van der Waals surface area contributed by atoms with Crippen molar-refractivity contribution in [1.29, 1.82) is 0 Å². The van der Waals surface area contributed by atoms with Gasteiger partial charge in [0, 0.05) is 32.8 Å². The van der Waals surface area contributed by atoms with Crippen LogP contribution in [0.3, 0.4) is 0 Å². The third-order valence-electron chi connectivity index (χ3n) is 9.60. The minimum absolute atomic E-state index is 0.574. The molecule has 10 rings (SSSR count). The lowest BCUT2D eigenvalue weighted by atomic mass is 9.96. The lowest BCUT2D eigenvalue weighted by molar-refractivity contribution is 0.954. The topological polar surface area (TPSA) is 48.5 Å². The van der Waals surface area contributed by atoms with E-state index < -0.39 is 0 Å². The summed E-state index contributed by atoms with van der Waals surface area (Å²) in [6.45, 7) is 0. The van der Waals surface area contributed by atoms with Crippen molar-refractivity contribution in [2.24, 2.45) is 0 Å². The van der Waals surface area contributed by atoms with Crippen LogP contribution in [0.15, 0.2) is 176 Å². The summed E-state index contributed by atoms with van der Waals surface area (Å²) in [4.78, 5) is 16.0. The van der Waals surface area contributed by atoms with Crippen LogP contribution < -0.4 is 0 Å². The van der Waals surface area contributed by atoms with Gasteiger partial charge in [-0.05, 0) is 41.5 Å². The van der Waals surface area contributed by atoms with E-state index in [1.54, 1.807) is 0 Å². The molecule has 0 aliphatic carbocycles. The molecule has 3 heterocycles. The Balaban J connectivity index is 1.39. The van der Waals surface area contributed by atoms with Crippen LogP contribution in [0.1, 0.15) is 0 Å². The number of para-hydroxylation sites is 4. The summed E-state index contributed by atoms with van der Waals surface area (Å²) in [7, 11) is 0. The molecule has 0 aliphatic rings. The van der Waals surface area contributed by atoms with Crippen molar-refractivity contribution in [2.45, 2.75) is 0 Å². The number of benzene rings is 7.